The van der Waals surface area contributed by atoms with Gasteiger partial charge in [0.2, 0.25) is 5.91 Å². The van der Waals surface area contributed by atoms with E-state index in [2.05, 4.69) is 5.32 Å². The largest absolute Gasteiger partial charge is 0.477 e. The smallest absolute Gasteiger partial charge is 0.352 e. The fourth-order valence-electron chi connectivity index (χ4n) is 2.90. The predicted molar refractivity (Wildman–Crippen MR) is 117 cm³/mol. The summed E-state index contributed by atoms with van der Waals surface area (Å²) in [5, 5.41) is 12.8. The number of allylic oxidation sites excluding steroid dienone is 2. The number of fused-ring (bicyclic) bond motifs is 1. The van der Waals surface area contributed by atoms with Crippen molar-refractivity contribution in [1.82, 2.24) is 10.2 Å². The molecule has 2 atom stereocenters. The molecule has 2 aliphatic heterocycles. The van der Waals surface area contributed by atoms with Crippen LogP contribution in [0, 0.1) is 0 Å². The molecule has 0 aliphatic carbocycles. The zero-order valence-electron chi connectivity index (χ0n) is 14.7. The zero-order chi connectivity index (χ0) is 21.1. The Labute approximate surface area is 190 Å². The summed E-state index contributed by atoms with van der Waals surface area (Å²) in [6.45, 7) is 0. The topological polar surface area (TPSA) is 86.7 Å². The van der Waals surface area contributed by atoms with Crippen LogP contribution in [0.5, 0.6) is 0 Å². The SMILES string of the molecule is O=C(CSc1cc(Cl)ccc1Cl)N[C@@H]1C(=O)N2C(C(=O)O)=C(C=CCCl)CS[C@H]12. The summed E-state index contributed by atoms with van der Waals surface area (Å²) in [6.07, 6.45) is 3.24. The number of nitrogens with one attached hydrogen (secondary N) is 1. The summed E-state index contributed by atoms with van der Waals surface area (Å²) in [5.41, 5.74) is 0.453. The molecular formula is C18H15Cl3N2O4S2. The lowest BCUT2D eigenvalue weighted by molar-refractivity contribution is -0.150. The Hall–Kier alpha value is -1.32. The van der Waals surface area contributed by atoms with Gasteiger partial charge in [0.05, 0.1) is 10.8 Å². The number of alkyl halides is 1. The first-order valence-corrected chi connectivity index (χ1v) is 11.7. The van der Waals surface area contributed by atoms with E-state index < -0.39 is 23.3 Å². The van der Waals surface area contributed by atoms with Gasteiger partial charge in [-0.1, -0.05) is 35.4 Å². The average molecular weight is 494 g/mol. The standard InChI is InChI=1S/C18H15Cl3N2O4S2/c19-5-1-2-9-7-29-17-14(16(25)23(17)15(9)18(26)27)22-13(24)8-28-12-6-10(20)3-4-11(12)21/h1-4,6,14,17H,5,7-8H2,(H,22,24)(H,26,27)/t14-,17-/m1/s1. The quantitative estimate of drug-likeness (QED) is 0.343. The Balaban J connectivity index is 1.64. The third-order valence-electron chi connectivity index (χ3n) is 4.18. The van der Waals surface area contributed by atoms with Crippen molar-refractivity contribution in [3.63, 3.8) is 0 Å². The van der Waals surface area contributed by atoms with Gasteiger partial charge in [-0.2, -0.15) is 0 Å². The van der Waals surface area contributed by atoms with Crippen LogP contribution < -0.4 is 5.32 Å². The molecule has 154 valence electrons. The van der Waals surface area contributed by atoms with Crippen LogP contribution in [0.3, 0.4) is 0 Å². The molecule has 0 saturated carbocycles. The second-order valence-electron chi connectivity index (χ2n) is 6.05. The summed E-state index contributed by atoms with van der Waals surface area (Å²) >= 11 is 20.2. The summed E-state index contributed by atoms with van der Waals surface area (Å²) in [6, 6.07) is 4.19. The number of β-lactam (4-membered cyclic amide) rings is 1. The Morgan fingerprint density at radius 1 is 1.38 bits per heavy atom. The molecule has 0 spiro atoms. The van der Waals surface area contributed by atoms with Gasteiger partial charge in [-0.05, 0) is 23.8 Å². The molecule has 1 aromatic carbocycles. The average Bonchev–Trinajstić information content (AvgIpc) is 2.70. The maximum Gasteiger partial charge on any atom is 0.352 e. The molecule has 3 rings (SSSR count). The molecule has 2 heterocycles. The number of carbonyl (C=O) groups excluding carboxylic acids is 2. The van der Waals surface area contributed by atoms with Gasteiger partial charge in [-0.15, -0.1) is 35.1 Å². The second-order valence-corrected chi connectivity index (χ2v) is 9.33. The van der Waals surface area contributed by atoms with Crippen molar-refractivity contribution in [3.8, 4) is 0 Å². The van der Waals surface area contributed by atoms with Crippen LogP contribution in [0.15, 0.2) is 46.5 Å². The number of benzene rings is 1. The van der Waals surface area contributed by atoms with E-state index in [1.165, 1.54) is 28.4 Å². The van der Waals surface area contributed by atoms with Crippen LogP contribution in [0.4, 0.5) is 0 Å². The first-order valence-electron chi connectivity index (χ1n) is 8.34. The Bertz CT molecular complexity index is 922. The van der Waals surface area contributed by atoms with Gasteiger partial charge in [0.15, 0.2) is 0 Å². The minimum atomic E-state index is -1.19. The molecule has 2 N–H and O–H groups in total. The predicted octanol–water partition coefficient (Wildman–Crippen LogP) is 3.62. The van der Waals surface area contributed by atoms with Crippen LogP contribution >= 0.6 is 58.3 Å². The minimum Gasteiger partial charge on any atom is -0.477 e. The molecule has 0 aromatic heterocycles. The van der Waals surface area contributed by atoms with Crippen molar-refractivity contribution >= 4 is 76.1 Å². The van der Waals surface area contributed by atoms with Crippen molar-refractivity contribution in [2.45, 2.75) is 16.3 Å². The van der Waals surface area contributed by atoms with Gasteiger partial charge in [-0.25, -0.2) is 4.79 Å². The normalized spacial score (nSPS) is 21.2. The maximum atomic E-state index is 12.5. The summed E-state index contributed by atoms with van der Waals surface area (Å²) in [5.74, 6) is -1.29. The molecule has 0 unspecified atom stereocenters. The highest BCUT2D eigenvalue weighted by atomic mass is 35.5. The van der Waals surface area contributed by atoms with E-state index in [-0.39, 0.29) is 23.2 Å². The second kappa shape index (κ2) is 9.66. The number of halogens is 3. The molecule has 1 saturated heterocycles. The number of carbonyl (C=O) groups is 3. The molecule has 0 bridgehead atoms. The lowest BCUT2D eigenvalue weighted by atomic mass is 10.0. The van der Waals surface area contributed by atoms with Crippen LogP contribution in [-0.4, -0.2) is 56.6 Å². The maximum absolute atomic E-state index is 12.5. The number of rotatable bonds is 7. The van der Waals surface area contributed by atoms with Crippen LogP contribution in [0.25, 0.3) is 0 Å². The van der Waals surface area contributed by atoms with Gasteiger partial charge in [0.1, 0.15) is 17.1 Å². The highest BCUT2D eigenvalue weighted by Crippen LogP contribution is 2.40. The van der Waals surface area contributed by atoms with Gasteiger partial charge in [0, 0.05) is 21.6 Å². The highest BCUT2D eigenvalue weighted by Gasteiger charge is 2.53. The Kier molecular flexibility index (Phi) is 7.45. The van der Waals surface area contributed by atoms with Crippen LogP contribution in [0.2, 0.25) is 10.0 Å². The lowest BCUT2D eigenvalue weighted by Crippen LogP contribution is -2.70. The lowest BCUT2D eigenvalue weighted by Gasteiger charge is -2.49. The number of amides is 2. The number of nitrogens with zero attached hydrogens (tertiary/aromatic N) is 1. The monoisotopic (exact) mass is 492 g/mol. The molecule has 11 heteroatoms. The first kappa shape index (κ1) is 22.4. The van der Waals surface area contributed by atoms with E-state index in [4.69, 9.17) is 34.8 Å². The van der Waals surface area contributed by atoms with Crippen molar-refractivity contribution in [2.24, 2.45) is 0 Å². The summed E-state index contributed by atoms with van der Waals surface area (Å²) in [4.78, 5) is 38.4. The molecular weight excluding hydrogens is 479 g/mol. The molecule has 2 aliphatic rings. The molecule has 29 heavy (non-hydrogen) atoms. The van der Waals surface area contributed by atoms with Gasteiger partial charge >= 0.3 is 5.97 Å². The van der Waals surface area contributed by atoms with Crippen molar-refractivity contribution < 1.29 is 19.5 Å². The highest BCUT2D eigenvalue weighted by molar-refractivity contribution is 8.00. The van der Waals surface area contributed by atoms with E-state index in [0.29, 0.717) is 26.3 Å². The van der Waals surface area contributed by atoms with Gasteiger partial charge in [0.25, 0.3) is 5.91 Å². The minimum absolute atomic E-state index is 0.0482. The van der Waals surface area contributed by atoms with Gasteiger partial charge < -0.3 is 10.4 Å². The first-order chi connectivity index (χ1) is 13.8. The third kappa shape index (κ3) is 4.88. The summed E-state index contributed by atoms with van der Waals surface area (Å²) in [7, 11) is 0. The van der Waals surface area contributed by atoms with E-state index in [0.717, 1.165) is 0 Å². The number of carboxylic acid groups (broad SMARTS) is 1. The van der Waals surface area contributed by atoms with Crippen LogP contribution in [-0.2, 0) is 14.4 Å². The zero-order valence-corrected chi connectivity index (χ0v) is 18.6. The third-order valence-corrected chi connectivity index (χ3v) is 7.39. The number of aliphatic carboxylic acids is 1. The van der Waals surface area contributed by atoms with E-state index in [1.807, 2.05) is 0 Å². The van der Waals surface area contributed by atoms with Crippen molar-refractivity contribution in [3.05, 3.63) is 51.7 Å². The van der Waals surface area contributed by atoms with Crippen LogP contribution in [0.1, 0.15) is 0 Å². The molecule has 0 radical (unpaired) electrons. The fourth-order valence-corrected chi connectivity index (χ4v) is 5.62. The number of thioether (sulfide) groups is 2. The van der Waals surface area contributed by atoms with E-state index >= 15 is 0 Å². The van der Waals surface area contributed by atoms with Crippen molar-refractivity contribution in [2.75, 3.05) is 17.4 Å². The van der Waals surface area contributed by atoms with E-state index in [1.54, 1.807) is 30.4 Å². The Morgan fingerprint density at radius 2 is 2.14 bits per heavy atom. The van der Waals surface area contributed by atoms with E-state index in [9.17, 15) is 19.5 Å². The number of hydrogen-bond donors (Lipinski definition) is 2. The Morgan fingerprint density at radius 3 is 2.83 bits per heavy atom. The molecule has 6 nitrogen and oxygen atoms in total. The molecule has 2 amide bonds. The van der Waals surface area contributed by atoms with Crippen molar-refractivity contribution in [1.29, 1.82) is 0 Å². The summed E-state index contributed by atoms with van der Waals surface area (Å²) < 4.78 is 0. The fraction of sp³-hybridized carbons (Fsp3) is 0.278. The number of hydrogen-bond acceptors (Lipinski definition) is 5. The van der Waals surface area contributed by atoms with Gasteiger partial charge in [-0.3, -0.25) is 14.5 Å². The molecule has 1 fully saturated rings. The molecule has 1 aromatic rings. The number of carboxylic acids is 1.